The molecule has 3 aromatic rings. The number of carbonyl (C=O) groups excluding carboxylic acids is 1. The van der Waals surface area contributed by atoms with E-state index in [9.17, 15) is 23.1 Å². The summed E-state index contributed by atoms with van der Waals surface area (Å²) in [6.07, 6.45) is 2.72. The number of carbonyl (C=O) groups is 1. The first-order chi connectivity index (χ1) is 21.1. The average molecular weight is 648 g/mol. The largest absolute Gasteiger partial charge is 0.494 e. The molecule has 1 fully saturated rings. The number of anilines is 6. The number of aromatic nitrogens is 2. The maximum Gasteiger partial charge on any atom is 0.267 e. The van der Waals surface area contributed by atoms with Crippen molar-refractivity contribution in [2.45, 2.75) is 44.3 Å². The van der Waals surface area contributed by atoms with Crippen LogP contribution in [-0.2, 0) is 10.4 Å². The smallest absolute Gasteiger partial charge is 0.267 e. The summed E-state index contributed by atoms with van der Waals surface area (Å²) in [4.78, 5) is 24.7. The summed E-state index contributed by atoms with van der Waals surface area (Å²) in [5, 5.41) is 19.3. The van der Waals surface area contributed by atoms with Gasteiger partial charge in [-0.1, -0.05) is 18.2 Å². The second kappa shape index (κ2) is 13.5. The molecule has 0 aliphatic carbocycles. The number of benzene rings is 2. The first-order valence-electron chi connectivity index (χ1n) is 14.1. The van der Waals surface area contributed by atoms with E-state index in [4.69, 9.17) is 16.3 Å². The van der Waals surface area contributed by atoms with Crippen molar-refractivity contribution in [1.82, 2.24) is 14.9 Å². The average Bonchev–Trinajstić information content (AvgIpc) is 3.27. The maximum atomic E-state index is 14.7. The van der Waals surface area contributed by atoms with Crippen molar-refractivity contribution in [3.8, 4) is 5.75 Å². The highest BCUT2D eigenvalue weighted by Crippen LogP contribution is 2.44. The molecule has 0 saturated carbocycles. The molecular weight excluding hydrogens is 611 g/mol. The van der Waals surface area contributed by atoms with Crippen LogP contribution in [0.1, 0.15) is 32.3 Å². The SMILES string of the molecule is C=CC(=O)Nc1cc(Nc2nccc(Nc3cc(Cl)c(F)cc3C(C)(C)O)n2)c(OC)cc1N1CC(F)(F)C[C@@H]1CCN(C)C. The molecule has 1 aliphatic heterocycles. The molecule has 0 radical (unpaired) electrons. The van der Waals surface area contributed by atoms with Gasteiger partial charge in [0.15, 0.2) is 0 Å². The van der Waals surface area contributed by atoms with Crippen LogP contribution in [-0.4, -0.2) is 72.1 Å². The van der Waals surface area contributed by atoms with Crippen LogP contribution in [0.3, 0.4) is 0 Å². The van der Waals surface area contributed by atoms with Crippen LogP contribution >= 0.6 is 11.6 Å². The Morgan fingerprint density at radius 2 is 1.98 bits per heavy atom. The summed E-state index contributed by atoms with van der Waals surface area (Å²) in [6, 6.07) is 6.73. The Morgan fingerprint density at radius 3 is 2.62 bits per heavy atom. The van der Waals surface area contributed by atoms with Crippen molar-refractivity contribution in [2.24, 2.45) is 0 Å². The van der Waals surface area contributed by atoms with Gasteiger partial charge in [0.25, 0.3) is 5.92 Å². The van der Waals surface area contributed by atoms with Gasteiger partial charge >= 0.3 is 0 Å². The topological polar surface area (TPSA) is 115 Å². The molecule has 0 bridgehead atoms. The van der Waals surface area contributed by atoms with E-state index in [1.54, 1.807) is 23.1 Å². The number of aliphatic hydroxyl groups is 1. The molecule has 242 valence electrons. The number of rotatable bonds is 12. The zero-order valence-electron chi connectivity index (χ0n) is 25.7. The van der Waals surface area contributed by atoms with Crippen LogP contribution in [0.5, 0.6) is 5.75 Å². The van der Waals surface area contributed by atoms with E-state index < -0.39 is 35.8 Å². The van der Waals surface area contributed by atoms with Gasteiger partial charge in [0.1, 0.15) is 17.4 Å². The molecule has 4 N–H and O–H groups in total. The number of alkyl halides is 2. The van der Waals surface area contributed by atoms with Crippen LogP contribution in [0.15, 0.2) is 49.2 Å². The summed E-state index contributed by atoms with van der Waals surface area (Å²) in [6.45, 7) is 6.62. The zero-order chi connectivity index (χ0) is 33.1. The number of ether oxygens (including phenoxy) is 1. The minimum absolute atomic E-state index is 0.113. The van der Waals surface area contributed by atoms with Gasteiger partial charge in [0.2, 0.25) is 11.9 Å². The normalized spacial score (nSPS) is 16.1. The number of halogens is 4. The van der Waals surface area contributed by atoms with Crippen LogP contribution in [0.2, 0.25) is 5.02 Å². The van der Waals surface area contributed by atoms with E-state index in [0.717, 1.165) is 12.1 Å². The van der Waals surface area contributed by atoms with E-state index in [-0.39, 0.29) is 28.6 Å². The van der Waals surface area contributed by atoms with Crippen molar-refractivity contribution >= 4 is 52.0 Å². The fourth-order valence-corrected chi connectivity index (χ4v) is 5.27. The third-order valence-corrected chi connectivity index (χ3v) is 7.53. The lowest BCUT2D eigenvalue weighted by molar-refractivity contribution is -0.111. The lowest BCUT2D eigenvalue weighted by atomic mass is 9.96. The predicted molar refractivity (Wildman–Crippen MR) is 171 cm³/mol. The highest BCUT2D eigenvalue weighted by molar-refractivity contribution is 6.31. The van der Waals surface area contributed by atoms with Gasteiger partial charge < -0.3 is 35.6 Å². The molecule has 1 aromatic heterocycles. The molecule has 0 spiro atoms. The van der Waals surface area contributed by atoms with Gasteiger partial charge in [-0.25, -0.2) is 18.2 Å². The lowest BCUT2D eigenvalue weighted by Gasteiger charge is -2.30. The van der Waals surface area contributed by atoms with Gasteiger partial charge in [0.05, 0.1) is 41.3 Å². The molecule has 1 atom stereocenters. The number of nitrogens with zero attached hydrogens (tertiary/aromatic N) is 4. The minimum Gasteiger partial charge on any atom is -0.494 e. The van der Waals surface area contributed by atoms with Crippen LogP contribution in [0, 0.1) is 5.82 Å². The van der Waals surface area contributed by atoms with Gasteiger partial charge in [-0.15, -0.1) is 0 Å². The molecule has 4 rings (SSSR count). The Kier molecular flexibility index (Phi) is 10.2. The van der Waals surface area contributed by atoms with E-state index in [2.05, 4.69) is 32.5 Å². The van der Waals surface area contributed by atoms with Crippen molar-refractivity contribution in [2.75, 3.05) is 55.1 Å². The van der Waals surface area contributed by atoms with Crippen LogP contribution in [0.4, 0.5) is 47.7 Å². The number of hydrogen-bond donors (Lipinski definition) is 4. The standard InChI is InChI=1S/C31H37ClF3N7O3/c1-7-28(43)38-23-14-24(26(45-6)15-25(23)42-17-31(34,35)16-18(42)9-11-41(4)5)39-29-36-10-8-27(40-29)37-22-13-20(32)21(33)12-19(22)30(2,3)44/h7-8,10,12-15,18,44H,1,9,11,16-17H2,2-6H3,(H,38,43)(H2,36,37,39,40)/t18-/m0/s1. The summed E-state index contributed by atoms with van der Waals surface area (Å²) in [7, 11) is 5.19. The van der Waals surface area contributed by atoms with E-state index in [1.807, 2.05) is 19.0 Å². The van der Waals surface area contributed by atoms with E-state index in [1.165, 1.54) is 33.2 Å². The monoisotopic (exact) mass is 647 g/mol. The van der Waals surface area contributed by atoms with Gasteiger partial charge in [-0.05, 0) is 71.2 Å². The number of hydrogen-bond acceptors (Lipinski definition) is 9. The first kappa shape index (κ1) is 33.8. The first-order valence-corrected chi connectivity index (χ1v) is 14.5. The molecule has 45 heavy (non-hydrogen) atoms. The third-order valence-electron chi connectivity index (χ3n) is 7.24. The Bertz CT molecular complexity index is 1570. The Labute approximate surface area is 265 Å². The van der Waals surface area contributed by atoms with Crippen molar-refractivity contribution in [3.63, 3.8) is 0 Å². The van der Waals surface area contributed by atoms with E-state index in [0.29, 0.717) is 41.6 Å². The molecule has 1 amide bonds. The maximum absolute atomic E-state index is 14.7. The van der Waals surface area contributed by atoms with Crippen molar-refractivity contribution in [1.29, 1.82) is 0 Å². The second-order valence-corrected chi connectivity index (χ2v) is 12.0. The Balaban J connectivity index is 1.70. The van der Waals surface area contributed by atoms with Gasteiger partial charge in [-0.2, -0.15) is 4.98 Å². The number of amides is 1. The Hall–Kier alpha value is -4.07. The van der Waals surface area contributed by atoms with E-state index >= 15 is 0 Å². The second-order valence-electron chi connectivity index (χ2n) is 11.6. The minimum atomic E-state index is -2.91. The highest BCUT2D eigenvalue weighted by Gasteiger charge is 2.45. The molecule has 1 saturated heterocycles. The summed E-state index contributed by atoms with van der Waals surface area (Å²) in [5.41, 5.74) is 0.178. The number of methoxy groups -OCH3 is 1. The zero-order valence-corrected chi connectivity index (χ0v) is 26.5. The summed E-state index contributed by atoms with van der Waals surface area (Å²) >= 11 is 6.01. The van der Waals surface area contributed by atoms with Crippen molar-refractivity contribution in [3.05, 3.63) is 65.6 Å². The molecule has 2 heterocycles. The van der Waals surface area contributed by atoms with Crippen LogP contribution < -0.4 is 25.6 Å². The highest BCUT2D eigenvalue weighted by atomic mass is 35.5. The molecule has 10 nitrogen and oxygen atoms in total. The quantitative estimate of drug-likeness (QED) is 0.169. The molecule has 1 aliphatic rings. The summed E-state index contributed by atoms with van der Waals surface area (Å²) < 4.78 is 49.3. The molecular formula is C31H37ClF3N7O3. The van der Waals surface area contributed by atoms with Crippen LogP contribution in [0.25, 0.3) is 0 Å². The summed E-state index contributed by atoms with van der Waals surface area (Å²) in [5.74, 6) is -3.42. The Morgan fingerprint density at radius 1 is 1.24 bits per heavy atom. The fraction of sp³-hybridized carbons (Fsp3) is 0.387. The molecule has 14 heteroatoms. The van der Waals surface area contributed by atoms with Gasteiger partial charge in [-0.3, -0.25) is 4.79 Å². The predicted octanol–water partition coefficient (Wildman–Crippen LogP) is 6.28. The molecule has 2 aromatic carbocycles. The number of nitrogens with one attached hydrogen (secondary N) is 3. The fourth-order valence-electron chi connectivity index (χ4n) is 5.11. The molecule has 0 unspecified atom stereocenters. The van der Waals surface area contributed by atoms with Gasteiger partial charge in [0, 0.05) is 36.0 Å². The van der Waals surface area contributed by atoms with Crippen molar-refractivity contribution < 1.29 is 27.8 Å². The third kappa shape index (κ3) is 8.35. The lowest BCUT2D eigenvalue weighted by Crippen LogP contribution is -2.33.